The molecule has 0 spiro atoms. The zero-order chi connectivity index (χ0) is 30.4. The average Bonchev–Trinajstić information content (AvgIpc) is 3.98. The lowest BCUT2D eigenvalue weighted by atomic mass is 9.99. The standard InChI is InChI=1S/C33H26ClFN8/c34-28-14-24(39-32(20-6-8-23(35)9-7-20)29-18-43(42-41-29)25-10-11-25)13-27-31(22(16-37)17-38-33(27)28)40-30(26-12-21(26)15-36)19-4-2-1-3-5-19/h1-9,13-14,17-18,21,25-26,30,32,39H,10-12H2,(H,38,40)/t21-,26+,30+,32-/m0/s1/i32D. The quantitative estimate of drug-likeness (QED) is 0.185. The van der Waals surface area contributed by atoms with E-state index >= 15 is 0 Å². The molecule has 0 unspecified atom stereocenters. The third kappa shape index (κ3) is 5.36. The van der Waals surface area contributed by atoms with Gasteiger partial charge in [-0.3, -0.25) is 4.98 Å². The maximum absolute atomic E-state index is 13.9. The molecule has 2 saturated carbocycles. The normalized spacial score (nSPS) is 19.9. The lowest BCUT2D eigenvalue weighted by Crippen LogP contribution is -2.16. The molecule has 212 valence electrons. The van der Waals surface area contributed by atoms with Crippen LogP contribution in [0.2, 0.25) is 5.02 Å². The van der Waals surface area contributed by atoms with Gasteiger partial charge in [0.2, 0.25) is 0 Å². The fraction of sp³-hybridized carbons (Fsp3) is 0.242. The smallest absolute Gasteiger partial charge is 0.123 e. The molecule has 2 aliphatic carbocycles. The first kappa shape index (κ1) is 25.7. The van der Waals surface area contributed by atoms with Gasteiger partial charge in [-0.1, -0.05) is 59.3 Å². The molecular formula is C33H26ClFN8. The van der Waals surface area contributed by atoms with E-state index < -0.39 is 11.8 Å². The highest BCUT2D eigenvalue weighted by Crippen LogP contribution is 2.49. The van der Waals surface area contributed by atoms with Gasteiger partial charge >= 0.3 is 0 Å². The molecule has 2 fully saturated rings. The number of nitrogens with one attached hydrogen (secondary N) is 2. The molecule has 7 rings (SSSR count). The summed E-state index contributed by atoms with van der Waals surface area (Å²) in [4.78, 5) is 4.49. The molecule has 2 aliphatic rings. The molecule has 0 saturated heterocycles. The first-order valence-corrected chi connectivity index (χ1v) is 14.5. The van der Waals surface area contributed by atoms with Gasteiger partial charge in [0.15, 0.2) is 0 Å². The Morgan fingerprint density at radius 3 is 2.53 bits per heavy atom. The third-order valence-electron chi connectivity index (χ3n) is 8.03. The van der Waals surface area contributed by atoms with Gasteiger partial charge in [0.1, 0.15) is 17.6 Å². The van der Waals surface area contributed by atoms with Gasteiger partial charge in [0, 0.05) is 23.2 Å². The van der Waals surface area contributed by atoms with E-state index in [1.165, 1.54) is 18.3 Å². The highest BCUT2D eigenvalue weighted by Gasteiger charge is 2.44. The molecule has 5 aromatic rings. The number of rotatable bonds is 9. The fourth-order valence-electron chi connectivity index (χ4n) is 5.51. The van der Waals surface area contributed by atoms with Crippen LogP contribution in [0.15, 0.2) is 79.1 Å². The van der Waals surface area contributed by atoms with Gasteiger partial charge < -0.3 is 10.6 Å². The minimum absolute atomic E-state index is 0.0717. The van der Waals surface area contributed by atoms with Crippen molar-refractivity contribution in [1.82, 2.24) is 20.0 Å². The number of nitrogens with zero attached hydrogens (tertiary/aromatic N) is 6. The van der Waals surface area contributed by atoms with Crippen molar-refractivity contribution in [3.8, 4) is 12.1 Å². The average molecular weight is 590 g/mol. The van der Waals surface area contributed by atoms with Gasteiger partial charge in [-0.15, -0.1) is 5.10 Å². The van der Waals surface area contributed by atoms with Crippen molar-refractivity contribution in [3.63, 3.8) is 0 Å². The Kier molecular flexibility index (Phi) is 6.58. The second kappa shape index (κ2) is 11.0. The molecular weight excluding hydrogens is 563 g/mol. The van der Waals surface area contributed by atoms with Crippen LogP contribution in [-0.4, -0.2) is 20.0 Å². The predicted octanol–water partition coefficient (Wildman–Crippen LogP) is 7.34. The minimum atomic E-state index is -1.65. The first-order chi connectivity index (χ1) is 21.4. The number of hydrogen-bond acceptors (Lipinski definition) is 7. The SMILES string of the molecule is [2H][C@](Nc1cc(Cl)c2ncc(C#N)c(N[C@H](c3ccccc3)[C@@H]3C[C@H]3C#N)c2c1)(c1ccc(F)cc1)c1cn(C2CC2)nn1. The minimum Gasteiger partial charge on any atom is -0.376 e. The summed E-state index contributed by atoms with van der Waals surface area (Å²) in [5.74, 6) is -0.433. The van der Waals surface area contributed by atoms with Crippen LogP contribution < -0.4 is 10.6 Å². The number of anilines is 2. The molecule has 10 heteroatoms. The summed E-state index contributed by atoms with van der Waals surface area (Å²) in [5.41, 5.74) is 3.62. The molecule has 3 aromatic carbocycles. The molecule has 0 amide bonds. The van der Waals surface area contributed by atoms with Crippen LogP contribution in [0.3, 0.4) is 0 Å². The zero-order valence-electron chi connectivity index (χ0n) is 23.9. The second-order valence-electron chi connectivity index (χ2n) is 11.0. The topological polar surface area (TPSA) is 115 Å². The lowest BCUT2D eigenvalue weighted by molar-refractivity contribution is 0.610. The number of halogens is 2. The van der Waals surface area contributed by atoms with E-state index in [1.807, 2.05) is 30.3 Å². The van der Waals surface area contributed by atoms with Crippen molar-refractivity contribution in [2.45, 2.75) is 37.4 Å². The van der Waals surface area contributed by atoms with Crippen LogP contribution in [0.5, 0.6) is 0 Å². The molecule has 8 nitrogen and oxygen atoms in total. The van der Waals surface area contributed by atoms with Crippen molar-refractivity contribution in [1.29, 1.82) is 10.5 Å². The lowest BCUT2D eigenvalue weighted by Gasteiger charge is -2.23. The maximum Gasteiger partial charge on any atom is 0.123 e. The van der Waals surface area contributed by atoms with E-state index in [9.17, 15) is 16.3 Å². The Labute approximate surface area is 254 Å². The summed E-state index contributed by atoms with van der Waals surface area (Å²) in [6.45, 7) is 0. The number of aromatic nitrogens is 4. The zero-order valence-corrected chi connectivity index (χ0v) is 23.6. The number of fused-ring (bicyclic) bond motifs is 1. The molecule has 2 aromatic heterocycles. The summed E-state index contributed by atoms with van der Waals surface area (Å²) < 4.78 is 25.3. The third-order valence-corrected chi connectivity index (χ3v) is 8.32. The van der Waals surface area contributed by atoms with Crippen molar-refractivity contribution in [2.75, 3.05) is 10.6 Å². The number of benzene rings is 3. The van der Waals surface area contributed by atoms with Crippen LogP contribution in [-0.2, 0) is 0 Å². The highest BCUT2D eigenvalue weighted by molar-refractivity contribution is 6.35. The van der Waals surface area contributed by atoms with Gasteiger partial charge in [0.05, 0.1) is 59.4 Å². The van der Waals surface area contributed by atoms with E-state index in [1.54, 1.807) is 35.1 Å². The van der Waals surface area contributed by atoms with Crippen molar-refractivity contribution in [2.24, 2.45) is 11.8 Å². The molecule has 4 atom stereocenters. The van der Waals surface area contributed by atoms with Crippen LogP contribution in [0.1, 0.15) is 61.1 Å². The van der Waals surface area contributed by atoms with Crippen molar-refractivity contribution in [3.05, 3.63) is 112 Å². The van der Waals surface area contributed by atoms with E-state index in [-0.39, 0.29) is 23.9 Å². The number of hydrogen-bond donors (Lipinski definition) is 2. The van der Waals surface area contributed by atoms with Crippen LogP contribution in [0.25, 0.3) is 10.9 Å². The van der Waals surface area contributed by atoms with E-state index in [0.29, 0.717) is 44.1 Å². The van der Waals surface area contributed by atoms with Crippen LogP contribution >= 0.6 is 11.6 Å². The molecule has 0 radical (unpaired) electrons. The Balaban J connectivity index is 1.33. The van der Waals surface area contributed by atoms with Crippen molar-refractivity contribution < 1.29 is 5.76 Å². The van der Waals surface area contributed by atoms with Gasteiger partial charge in [-0.05, 0) is 54.7 Å². The van der Waals surface area contributed by atoms with Crippen LogP contribution in [0.4, 0.5) is 15.8 Å². The Hall–Kier alpha value is -4.99. The number of nitriles is 2. The van der Waals surface area contributed by atoms with Gasteiger partial charge in [-0.2, -0.15) is 10.5 Å². The maximum atomic E-state index is 13.9. The molecule has 0 aliphatic heterocycles. The highest BCUT2D eigenvalue weighted by atomic mass is 35.5. The second-order valence-corrected chi connectivity index (χ2v) is 11.4. The summed E-state index contributed by atoms with van der Waals surface area (Å²) in [6, 6.07) is 22.0. The van der Waals surface area contributed by atoms with Gasteiger partial charge in [-0.25, -0.2) is 9.07 Å². The summed E-state index contributed by atoms with van der Waals surface area (Å²) in [6.07, 6.45) is 5.99. The Bertz CT molecular complexity index is 1950. The predicted molar refractivity (Wildman–Crippen MR) is 162 cm³/mol. The molecule has 2 heterocycles. The first-order valence-electron chi connectivity index (χ1n) is 14.6. The largest absolute Gasteiger partial charge is 0.376 e. The summed E-state index contributed by atoms with van der Waals surface area (Å²) >= 11 is 6.80. The van der Waals surface area contributed by atoms with E-state index in [0.717, 1.165) is 24.8 Å². The van der Waals surface area contributed by atoms with Crippen LogP contribution in [0, 0.1) is 40.3 Å². The summed E-state index contributed by atoms with van der Waals surface area (Å²) in [7, 11) is 0. The van der Waals surface area contributed by atoms with Gasteiger partial charge in [0.25, 0.3) is 0 Å². The summed E-state index contributed by atoms with van der Waals surface area (Å²) in [5, 5.41) is 36.1. The monoisotopic (exact) mass is 589 g/mol. The Morgan fingerprint density at radius 1 is 1.05 bits per heavy atom. The number of pyridine rings is 1. The Morgan fingerprint density at radius 2 is 1.84 bits per heavy atom. The molecule has 0 bridgehead atoms. The molecule has 2 N–H and O–H groups in total. The van der Waals surface area contributed by atoms with E-state index in [2.05, 4.69) is 38.1 Å². The fourth-order valence-corrected chi connectivity index (χ4v) is 5.78. The van der Waals surface area contributed by atoms with Crippen molar-refractivity contribution >= 4 is 33.9 Å². The van der Waals surface area contributed by atoms with E-state index in [4.69, 9.17) is 11.6 Å². The molecule has 43 heavy (non-hydrogen) atoms.